The number of hydrogen-bond donors (Lipinski definition) is 1. The van der Waals surface area contributed by atoms with E-state index in [4.69, 9.17) is 27.9 Å². The molecule has 25 heavy (non-hydrogen) atoms. The fourth-order valence-corrected chi connectivity index (χ4v) is 3.55. The van der Waals surface area contributed by atoms with Gasteiger partial charge in [0.15, 0.2) is 0 Å². The molecule has 1 saturated carbocycles. The van der Waals surface area contributed by atoms with Gasteiger partial charge in [0, 0.05) is 24.0 Å². The number of rotatable bonds is 4. The van der Waals surface area contributed by atoms with Gasteiger partial charge < -0.3 is 9.72 Å². The van der Waals surface area contributed by atoms with Crippen molar-refractivity contribution in [3.05, 3.63) is 52.1 Å². The molecule has 6 heteroatoms. The Labute approximate surface area is 155 Å². The van der Waals surface area contributed by atoms with Gasteiger partial charge in [-0.15, -0.1) is 0 Å². The number of halogens is 2. The van der Waals surface area contributed by atoms with Gasteiger partial charge in [-0.1, -0.05) is 47.5 Å². The normalized spacial score (nSPS) is 15.3. The number of H-pyrrole nitrogens is 1. The summed E-state index contributed by atoms with van der Waals surface area (Å²) in [7, 11) is 0. The van der Waals surface area contributed by atoms with E-state index in [0.717, 1.165) is 35.1 Å². The maximum atomic E-state index is 11.1. The molecule has 2 heterocycles. The summed E-state index contributed by atoms with van der Waals surface area (Å²) in [5, 5.41) is 1.10. The third-order valence-corrected chi connectivity index (χ3v) is 5.19. The third kappa shape index (κ3) is 3.12. The molecule has 2 aromatic heterocycles. The highest BCUT2D eigenvalue weighted by Gasteiger charge is 2.45. The van der Waals surface area contributed by atoms with E-state index in [-0.39, 0.29) is 11.4 Å². The van der Waals surface area contributed by atoms with Gasteiger partial charge in [-0.3, -0.25) is 4.79 Å². The lowest BCUT2D eigenvalue weighted by atomic mass is 9.95. The topological polar surface area (TPSA) is 55.0 Å². The van der Waals surface area contributed by atoms with Crippen LogP contribution in [-0.4, -0.2) is 22.5 Å². The molecule has 0 bridgehead atoms. The molecular weight excluding hydrogens is 359 g/mol. The molecule has 0 atom stereocenters. The predicted octanol–water partition coefficient (Wildman–Crippen LogP) is 5.13. The monoisotopic (exact) mass is 374 g/mol. The highest BCUT2D eigenvalue weighted by atomic mass is 35.5. The minimum atomic E-state index is -0.239. The molecule has 1 N–H and O–H groups in total. The lowest BCUT2D eigenvalue weighted by Crippen LogP contribution is -2.17. The highest BCUT2D eigenvalue weighted by molar-refractivity contribution is 6.34. The molecule has 0 aliphatic heterocycles. The number of benzene rings is 1. The third-order valence-electron chi connectivity index (χ3n) is 4.70. The molecule has 4 rings (SSSR count). The largest absolute Gasteiger partial charge is 0.465 e. The number of fused-ring (bicyclic) bond motifs is 1. The van der Waals surface area contributed by atoms with Crippen LogP contribution >= 0.6 is 23.2 Å². The molecule has 1 aliphatic rings. The van der Waals surface area contributed by atoms with Crippen LogP contribution in [0.15, 0.2) is 36.4 Å². The maximum absolute atomic E-state index is 11.1. The summed E-state index contributed by atoms with van der Waals surface area (Å²) in [6.07, 6.45) is 2.07. The first-order chi connectivity index (χ1) is 12.0. The van der Waals surface area contributed by atoms with Crippen molar-refractivity contribution in [1.29, 1.82) is 0 Å². The number of nitrogens with one attached hydrogen (secondary N) is 1. The number of nitrogens with zero attached hydrogens (tertiary/aromatic N) is 1. The van der Waals surface area contributed by atoms with Crippen LogP contribution in [0.25, 0.3) is 22.3 Å². The first-order valence-electron chi connectivity index (χ1n) is 8.06. The molecule has 0 spiro atoms. The van der Waals surface area contributed by atoms with Crippen LogP contribution in [0.5, 0.6) is 0 Å². The van der Waals surface area contributed by atoms with Gasteiger partial charge in [0.05, 0.1) is 21.7 Å². The molecule has 3 aromatic rings. The minimum Gasteiger partial charge on any atom is -0.465 e. The van der Waals surface area contributed by atoms with Gasteiger partial charge in [-0.05, 0) is 24.5 Å². The highest BCUT2D eigenvalue weighted by Crippen LogP contribution is 2.48. The van der Waals surface area contributed by atoms with Crippen molar-refractivity contribution < 1.29 is 9.53 Å². The minimum absolute atomic E-state index is 0.0282. The summed E-state index contributed by atoms with van der Waals surface area (Å²) in [5.74, 6) is -0.239. The quantitative estimate of drug-likeness (QED) is 0.643. The molecule has 0 radical (unpaired) electrons. The summed E-state index contributed by atoms with van der Waals surface area (Å²) in [6.45, 7) is 1.88. The van der Waals surface area contributed by atoms with E-state index in [1.54, 1.807) is 6.07 Å². The van der Waals surface area contributed by atoms with Gasteiger partial charge >= 0.3 is 5.97 Å². The summed E-state index contributed by atoms with van der Waals surface area (Å²) in [4.78, 5) is 18.7. The maximum Gasteiger partial charge on any atom is 0.302 e. The van der Waals surface area contributed by atoms with Gasteiger partial charge in [0.1, 0.15) is 11.8 Å². The summed E-state index contributed by atoms with van der Waals surface area (Å²) in [6, 6.07) is 11.8. The number of ether oxygens (including phenoxy) is 1. The lowest BCUT2D eigenvalue weighted by Gasteiger charge is -2.16. The van der Waals surface area contributed by atoms with Crippen LogP contribution < -0.4 is 0 Å². The zero-order valence-corrected chi connectivity index (χ0v) is 15.1. The van der Waals surface area contributed by atoms with E-state index in [1.165, 1.54) is 12.5 Å². The number of aromatic nitrogens is 2. The standard InChI is InChI=1S/C19H16Cl2N2O2/c1-11(24)25-10-19(6-7-19)13-4-2-12(3-5-13)18-14(20)8-15-16(23-18)9-17(21)22-15/h2-5,8-9,22H,6-7,10H2,1H3. The van der Waals surface area contributed by atoms with E-state index in [2.05, 4.69) is 22.1 Å². The smallest absolute Gasteiger partial charge is 0.302 e. The van der Waals surface area contributed by atoms with Crippen LogP contribution in [0.2, 0.25) is 10.2 Å². The zero-order chi connectivity index (χ0) is 17.6. The van der Waals surface area contributed by atoms with Crippen LogP contribution in [-0.2, 0) is 14.9 Å². The molecule has 1 fully saturated rings. The van der Waals surface area contributed by atoms with E-state index in [1.807, 2.05) is 18.2 Å². The van der Waals surface area contributed by atoms with Crippen molar-refractivity contribution in [1.82, 2.24) is 9.97 Å². The fraction of sp³-hybridized carbons (Fsp3) is 0.263. The molecular formula is C19H16Cl2N2O2. The molecule has 0 unspecified atom stereocenters. The number of aromatic amines is 1. The summed E-state index contributed by atoms with van der Waals surface area (Å²) in [5.41, 5.74) is 4.41. The molecule has 0 amide bonds. The van der Waals surface area contributed by atoms with Crippen molar-refractivity contribution in [3.63, 3.8) is 0 Å². The molecule has 0 saturated heterocycles. The van der Waals surface area contributed by atoms with Gasteiger partial charge in [0.2, 0.25) is 0 Å². The van der Waals surface area contributed by atoms with E-state index < -0.39 is 0 Å². The second kappa shape index (κ2) is 6.04. The number of pyridine rings is 1. The Bertz CT molecular complexity index is 959. The van der Waals surface area contributed by atoms with Crippen LogP contribution in [0, 0.1) is 0 Å². The van der Waals surface area contributed by atoms with Gasteiger partial charge in [-0.25, -0.2) is 4.98 Å². The van der Waals surface area contributed by atoms with Gasteiger partial charge in [0.25, 0.3) is 0 Å². The lowest BCUT2D eigenvalue weighted by molar-refractivity contribution is -0.141. The average molecular weight is 375 g/mol. The Morgan fingerprint density at radius 3 is 2.60 bits per heavy atom. The second-order valence-corrected chi connectivity index (χ2v) is 7.32. The van der Waals surface area contributed by atoms with Gasteiger partial charge in [-0.2, -0.15) is 0 Å². The van der Waals surface area contributed by atoms with E-state index in [0.29, 0.717) is 16.8 Å². The van der Waals surface area contributed by atoms with Crippen LogP contribution in [0.3, 0.4) is 0 Å². The van der Waals surface area contributed by atoms with Crippen molar-refractivity contribution in [2.45, 2.75) is 25.2 Å². The Morgan fingerprint density at radius 1 is 1.24 bits per heavy atom. The fourth-order valence-electron chi connectivity index (χ4n) is 3.09. The molecule has 1 aromatic carbocycles. The first-order valence-corrected chi connectivity index (χ1v) is 8.81. The first kappa shape index (κ1) is 16.4. The van der Waals surface area contributed by atoms with Crippen LogP contribution in [0.4, 0.5) is 0 Å². The van der Waals surface area contributed by atoms with Crippen molar-refractivity contribution in [3.8, 4) is 11.3 Å². The Kier molecular flexibility index (Phi) is 3.97. The molecule has 4 nitrogen and oxygen atoms in total. The summed E-state index contributed by atoms with van der Waals surface area (Å²) < 4.78 is 5.22. The summed E-state index contributed by atoms with van der Waals surface area (Å²) >= 11 is 12.4. The second-order valence-electron chi connectivity index (χ2n) is 6.51. The number of hydrogen-bond acceptors (Lipinski definition) is 3. The predicted molar refractivity (Wildman–Crippen MR) is 99.1 cm³/mol. The van der Waals surface area contributed by atoms with E-state index >= 15 is 0 Å². The Morgan fingerprint density at radius 2 is 1.96 bits per heavy atom. The van der Waals surface area contributed by atoms with Crippen molar-refractivity contribution in [2.24, 2.45) is 0 Å². The van der Waals surface area contributed by atoms with Crippen LogP contribution in [0.1, 0.15) is 25.3 Å². The number of carbonyl (C=O) groups excluding carboxylic acids is 1. The van der Waals surface area contributed by atoms with E-state index in [9.17, 15) is 4.79 Å². The average Bonchev–Trinajstić information content (AvgIpc) is 3.29. The Hall–Kier alpha value is -2.04. The number of esters is 1. The van der Waals surface area contributed by atoms with Crippen molar-refractivity contribution in [2.75, 3.05) is 6.61 Å². The molecule has 128 valence electrons. The SMILES string of the molecule is CC(=O)OCC1(c2ccc(-c3nc4cc(Cl)[nH]c4cc3Cl)cc2)CC1. The number of carbonyl (C=O) groups is 1. The Balaban J connectivity index is 1.64. The van der Waals surface area contributed by atoms with Crippen molar-refractivity contribution >= 4 is 40.2 Å². The molecule has 1 aliphatic carbocycles. The zero-order valence-electron chi connectivity index (χ0n) is 13.6.